The SMILES string of the molecule is CCCCN(C)C(=O)CN(Cc1ccc(OC)c(OC)c1)C(C)=O. The van der Waals surface area contributed by atoms with E-state index in [1.165, 1.54) is 11.8 Å². The number of methoxy groups -OCH3 is 2. The van der Waals surface area contributed by atoms with Crippen molar-refractivity contribution in [2.24, 2.45) is 0 Å². The number of ether oxygens (including phenoxy) is 2. The fourth-order valence-corrected chi connectivity index (χ4v) is 2.28. The van der Waals surface area contributed by atoms with Crippen LogP contribution in [0.2, 0.25) is 0 Å². The first-order chi connectivity index (χ1) is 11.4. The second-order valence-corrected chi connectivity index (χ2v) is 5.73. The van der Waals surface area contributed by atoms with Gasteiger partial charge in [0.05, 0.1) is 14.2 Å². The van der Waals surface area contributed by atoms with Crippen molar-refractivity contribution >= 4 is 11.8 Å². The number of likely N-dealkylation sites (N-methyl/N-ethyl adjacent to an activating group) is 1. The highest BCUT2D eigenvalue weighted by atomic mass is 16.5. The molecule has 0 unspecified atom stereocenters. The lowest BCUT2D eigenvalue weighted by atomic mass is 10.2. The molecule has 6 nitrogen and oxygen atoms in total. The zero-order valence-electron chi connectivity index (χ0n) is 15.3. The van der Waals surface area contributed by atoms with E-state index in [2.05, 4.69) is 6.92 Å². The molecule has 0 heterocycles. The van der Waals surface area contributed by atoms with Gasteiger partial charge in [0.15, 0.2) is 11.5 Å². The second kappa shape index (κ2) is 9.80. The minimum absolute atomic E-state index is 0.0564. The number of hydrogen-bond acceptors (Lipinski definition) is 4. The first-order valence-corrected chi connectivity index (χ1v) is 8.13. The molecule has 0 bridgehead atoms. The van der Waals surface area contributed by atoms with Crippen LogP contribution < -0.4 is 9.47 Å². The fourth-order valence-electron chi connectivity index (χ4n) is 2.28. The van der Waals surface area contributed by atoms with E-state index >= 15 is 0 Å². The maximum Gasteiger partial charge on any atom is 0.241 e. The number of benzene rings is 1. The number of amides is 2. The number of rotatable bonds is 9. The summed E-state index contributed by atoms with van der Waals surface area (Å²) >= 11 is 0. The first kappa shape index (κ1) is 19.8. The normalized spacial score (nSPS) is 10.2. The van der Waals surface area contributed by atoms with Gasteiger partial charge < -0.3 is 19.3 Å². The summed E-state index contributed by atoms with van der Waals surface area (Å²) in [5, 5.41) is 0. The van der Waals surface area contributed by atoms with Gasteiger partial charge in [0, 0.05) is 27.1 Å². The van der Waals surface area contributed by atoms with Crippen LogP contribution in [-0.4, -0.2) is 56.0 Å². The lowest BCUT2D eigenvalue weighted by molar-refractivity contribution is -0.139. The molecule has 0 saturated heterocycles. The third kappa shape index (κ3) is 5.76. The summed E-state index contributed by atoms with van der Waals surface area (Å²) in [5.74, 6) is 1.04. The lowest BCUT2D eigenvalue weighted by Crippen LogP contribution is -2.40. The zero-order valence-corrected chi connectivity index (χ0v) is 15.3. The maximum atomic E-state index is 12.3. The highest BCUT2D eigenvalue weighted by Gasteiger charge is 2.17. The number of nitrogens with zero attached hydrogens (tertiary/aromatic N) is 2. The molecule has 0 fully saturated rings. The van der Waals surface area contributed by atoms with E-state index in [1.807, 2.05) is 12.1 Å². The van der Waals surface area contributed by atoms with Gasteiger partial charge in [-0.3, -0.25) is 9.59 Å². The lowest BCUT2D eigenvalue weighted by Gasteiger charge is -2.24. The Hall–Kier alpha value is -2.24. The highest BCUT2D eigenvalue weighted by Crippen LogP contribution is 2.28. The van der Waals surface area contributed by atoms with Gasteiger partial charge in [-0.1, -0.05) is 19.4 Å². The van der Waals surface area contributed by atoms with E-state index in [-0.39, 0.29) is 18.4 Å². The van der Waals surface area contributed by atoms with Gasteiger partial charge in [0.2, 0.25) is 11.8 Å². The predicted molar refractivity (Wildman–Crippen MR) is 93.2 cm³/mol. The topological polar surface area (TPSA) is 59.1 Å². The number of unbranched alkanes of at least 4 members (excludes halogenated alkanes) is 1. The average Bonchev–Trinajstić information content (AvgIpc) is 2.58. The van der Waals surface area contributed by atoms with Crippen molar-refractivity contribution in [3.8, 4) is 11.5 Å². The summed E-state index contributed by atoms with van der Waals surface area (Å²) in [4.78, 5) is 27.4. The van der Waals surface area contributed by atoms with E-state index < -0.39 is 0 Å². The molecule has 134 valence electrons. The Labute approximate surface area is 144 Å². The quantitative estimate of drug-likeness (QED) is 0.694. The van der Waals surface area contributed by atoms with Gasteiger partial charge in [0.25, 0.3) is 0 Å². The van der Waals surface area contributed by atoms with Gasteiger partial charge in [-0.25, -0.2) is 0 Å². The molecular weight excluding hydrogens is 308 g/mol. The summed E-state index contributed by atoms with van der Waals surface area (Å²) < 4.78 is 10.5. The Morgan fingerprint density at radius 3 is 2.33 bits per heavy atom. The van der Waals surface area contributed by atoms with Crippen molar-refractivity contribution in [1.82, 2.24) is 9.80 Å². The van der Waals surface area contributed by atoms with Crippen LogP contribution in [0.3, 0.4) is 0 Å². The van der Waals surface area contributed by atoms with Gasteiger partial charge in [-0.15, -0.1) is 0 Å². The van der Waals surface area contributed by atoms with Crippen LogP contribution in [0.25, 0.3) is 0 Å². The molecule has 6 heteroatoms. The monoisotopic (exact) mass is 336 g/mol. The summed E-state index contributed by atoms with van der Waals surface area (Å²) in [5.41, 5.74) is 0.881. The molecule has 1 rings (SSSR count). The van der Waals surface area contributed by atoms with Crippen molar-refractivity contribution in [3.63, 3.8) is 0 Å². The number of hydrogen-bond donors (Lipinski definition) is 0. The molecule has 0 radical (unpaired) electrons. The van der Waals surface area contributed by atoms with Gasteiger partial charge in [0.1, 0.15) is 6.54 Å². The van der Waals surface area contributed by atoms with E-state index in [0.29, 0.717) is 24.6 Å². The van der Waals surface area contributed by atoms with E-state index in [0.717, 1.165) is 18.4 Å². The molecule has 0 aliphatic heterocycles. The molecule has 0 aliphatic rings. The Balaban J connectivity index is 2.79. The smallest absolute Gasteiger partial charge is 0.241 e. The average molecular weight is 336 g/mol. The van der Waals surface area contributed by atoms with Crippen LogP contribution in [0.5, 0.6) is 11.5 Å². The van der Waals surface area contributed by atoms with Crippen LogP contribution in [-0.2, 0) is 16.1 Å². The molecule has 0 saturated carbocycles. The van der Waals surface area contributed by atoms with Crippen LogP contribution in [0, 0.1) is 0 Å². The fraction of sp³-hybridized carbons (Fsp3) is 0.556. The minimum atomic E-state index is -0.137. The molecular formula is C18H28N2O4. The van der Waals surface area contributed by atoms with Crippen molar-refractivity contribution in [2.75, 3.05) is 34.4 Å². The van der Waals surface area contributed by atoms with E-state index in [4.69, 9.17) is 9.47 Å². The maximum absolute atomic E-state index is 12.3. The van der Waals surface area contributed by atoms with Crippen molar-refractivity contribution in [2.45, 2.75) is 33.2 Å². The third-order valence-electron chi connectivity index (χ3n) is 3.87. The first-order valence-electron chi connectivity index (χ1n) is 8.13. The molecule has 1 aromatic carbocycles. The Morgan fingerprint density at radius 2 is 1.79 bits per heavy atom. The molecule has 0 atom stereocenters. The molecule has 1 aromatic rings. The molecule has 2 amide bonds. The van der Waals surface area contributed by atoms with Crippen molar-refractivity contribution in [3.05, 3.63) is 23.8 Å². The summed E-state index contributed by atoms with van der Waals surface area (Å²) in [6.45, 7) is 4.68. The minimum Gasteiger partial charge on any atom is -0.493 e. The van der Waals surface area contributed by atoms with Crippen LogP contribution in [0.15, 0.2) is 18.2 Å². The molecule has 0 aliphatic carbocycles. The summed E-state index contributed by atoms with van der Waals surface area (Å²) in [6, 6.07) is 5.48. The molecule has 0 spiro atoms. The number of carbonyl (C=O) groups is 2. The number of carbonyl (C=O) groups excluding carboxylic acids is 2. The standard InChI is InChI=1S/C18H28N2O4/c1-6-7-10-19(3)18(22)13-20(14(2)21)12-15-8-9-16(23-4)17(11-15)24-5/h8-9,11H,6-7,10,12-13H2,1-5H3. The zero-order chi connectivity index (χ0) is 18.1. The highest BCUT2D eigenvalue weighted by molar-refractivity contribution is 5.83. The van der Waals surface area contributed by atoms with Crippen molar-refractivity contribution < 1.29 is 19.1 Å². The Morgan fingerprint density at radius 1 is 1.12 bits per heavy atom. The Bertz CT molecular complexity index is 560. The van der Waals surface area contributed by atoms with Crippen LogP contribution >= 0.6 is 0 Å². The molecule has 24 heavy (non-hydrogen) atoms. The second-order valence-electron chi connectivity index (χ2n) is 5.73. The molecule has 0 N–H and O–H groups in total. The Kier molecular flexibility index (Phi) is 8.09. The van der Waals surface area contributed by atoms with E-state index in [9.17, 15) is 9.59 Å². The van der Waals surface area contributed by atoms with Gasteiger partial charge in [-0.2, -0.15) is 0 Å². The van der Waals surface area contributed by atoms with Crippen LogP contribution in [0.4, 0.5) is 0 Å². The predicted octanol–water partition coefficient (Wildman–Crippen LogP) is 2.31. The third-order valence-corrected chi connectivity index (χ3v) is 3.87. The summed E-state index contributed by atoms with van der Waals surface area (Å²) in [6.07, 6.45) is 1.98. The van der Waals surface area contributed by atoms with Crippen molar-refractivity contribution in [1.29, 1.82) is 0 Å². The van der Waals surface area contributed by atoms with Gasteiger partial charge in [-0.05, 0) is 24.1 Å². The summed E-state index contributed by atoms with van der Waals surface area (Å²) in [7, 11) is 4.91. The molecule has 0 aromatic heterocycles. The van der Waals surface area contributed by atoms with Gasteiger partial charge >= 0.3 is 0 Å². The van der Waals surface area contributed by atoms with Crippen LogP contribution in [0.1, 0.15) is 32.3 Å². The largest absolute Gasteiger partial charge is 0.493 e. The van der Waals surface area contributed by atoms with E-state index in [1.54, 1.807) is 32.2 Å².